The molecule has 0 bridgehead atoms. The van der Waals surface area contributed by atoms with Crippen LogP contribution in [0, 0.1) is 12.8 Å². The lowest BCUT2D eigenvalue weighted by Crippen LogP contribution is -2.12. The molecule has 1 unspecified atom stereocenters. The largest absolute Gasteiger partial charge is 0.481 e. The van der Waals surface area contributed by atoms with Crippen molar-refractivity contribution in [1.29, 1.82) is 0 Å². The van der Waals surface area contributed by atoms with Crippen LogP contribution in [-0.2, 0) is 11.2 Å². The second-order valence-corrected chi connectivity index (χ2v) is 4.38. The van der Waals surface area contributed by atoms with Crippen molar-refractivity contribution in [2.45, 2.75) is 20.3 Å². The first-order valence-electron chi connectivity index (χ1n) is 5.78. The molecule has 0 spiro atoms. The van der Waals surface area contributed by atoms with E-state index in [0.717, 1.165) is 11.3 Å². The smallest absolute Gasteiger partial charge is 0.306 e. The Morgan fingerprint density at radius 1 is 1.44 bits per heavy atom. The molecule has 1 aromatic heterocycles. The zero-order valence-electron chi connectivity index (χ0n) is 10.4. The molecule has 2 rings (SSSR count). The van der Waals surface area contributed by atoms with Crippen LogP contribution in [-0.4, -0.2) is 26.1 Å². The Morgan fingerprint density at radius 3 is 2.83 bits per heavy atom. The summed E-state index contributed by atoms with van der Waals surface area (Å²) in [6.45, 7) is 3.66. The van der Waals surface area contributed by atoms with Crippen LogP contribution in [0.4, 0.5) is 0 Å². The number of carbonyl (C=O) groups is 1. The molecule has 94 valence electrons. The summed E-state index contributed by atoms with van der Waals surface area (Å²) in [6, 6.07) is 7.84. The van der Waals surface area contributed by atoms with E-state index in [0.29, 0.717) is 12.1 Å². The summed E-state index contributed by atoms with van der Waals surface area (Å²) in [5.74, 6) is -1.27. The average Bonchev–Trinajstić information content (AvgIpc) is 2.77. The van der Waals surface area contributed by atoms with Gasteiger partial charge in [0.05, 0.1) is 23.5 Å². The van der Waals surface area contributed by atoms with Crippen molar-refractivity contribution in [3.05, 3.63) is 41.7 Å². The number of hydrogen-bond acceptors (Lipinski definition) is 3. The van der Waals surface area contributed by atoms with Gasteiger partial charge >= 0.3 is 5.97 Å². The molecule has 0 aliphatic carbocycles. The fourth-order valence-electron chi connectivity index (χ4n) is 1.73. The number of rotatable bonds is 4. The maximum atomic E-state index is 10.8. The lowest BCUT2D eigenvalue weighted by Gasteiger charge is -2.03. The molecule has 1 N–H and O–H groups in total. The predicted molar refractivity (Wildman–Crippen MR) is 66.6 cm³/mol. The minimum Gasteiger partial charge on any atom is -0.481 e. The fourth-order valence-corrected chi connectivity index (χ4v) is 1.73. The first-order valence-corrected chi connectivity index (χ1v) is 5.78. The minimum absolute atomic E-state index is 0.390. The third kappa shape index (κ3) is 2.56. The van der Waals surface area contributed by atoms with Crippen molar-refractivity contribution >= 4 is 5.97 Å². The maximum absolute atomic E-state index is 10.8. The summed E-state index contributed by atoms with van der Waals surface area (Å²) in [4.78, 5) is 10.8. The average molecular weight is 245 g/mol. The monoisotopic (exact) mass is 245 g/mol. The van der Waals surface area contributed by atoms with Crippen LogP contribution in [0.25, 0.3) is 5.69 Å². The van der Waals surface area contributed by atoms with Gasteiger partial charge in [0.2, 0.25) is 0 Å². The van der Waals surface area contributed by atoms with Crippen LogP contribution in [0.5, 0.6) is 0 Å². The van der Waals surface area contributed by atoms with Crippen molar-refractivity contribution in [2.24, 2.45) is 5.92 Å². The Labute approximate surface area is 105 Å². The highest BCUT2D eigenvalue weighted by molar-refractivity contribution is 5.69. The highest BCUT2D eigenvalue weighted by Gasteiger charge is 2.14. The number of aromatic nitrogens is 3. The molecule has 1 atom stereocenters. The van der Waals surface area contributed by atoms with Crippen molar-refractivity contribution < 1.29 is 9.90 Å². The molecule has 0 aliphatic rings. The van der Waals surface area contributed by atoms with E-state index < -0.39 is 11.9 Å². The van der Waals surface area contributed by atoms with Crippen molar-refractivity contribution in [1.82, 2.24) is 15.0 Å². The number of aliphatic carboxylic acids is 1. The molecular formula is C13H15N3O2. The third-order valence-corrected chi connectivity index (χ3v) is 2.84. The summed E-state index contributed by atoms with van der Waals surface area (Å²) >= 11 is 0. The molecule has 0 fully saturated rings. The highest BCUT2D eigenvalue weighted by atomic mass is 16.4. The maximum Gasteiger partial charge on any atom is 0.306 e. The summed E-state index contributed by atoms with van der Waals surface area (Å²) in [5.41, 5.74) is 2.74. The van der Waals surface area contributed by atoms with E-state index in [1.54, 1.807) is 17.8 Å². The zero-order chi connectivity index (χ0) is 13.1. The normalized spacial score (nSPS) is 12.3. The quantitative estimate of drug-likeness (QED) is 0.892. The molecule has 5 heteroatoms. The van der Waals surface area contributed by atoms with E-state index in [-0.39, 0.29) is 0 Å². The van der Waals surface area contributed by atoms with Gasteiger partial charge in [0.15, 0.2) is 0 Å². The number of para-hydroxylation sites is 1. The first kappa shape index (κ1) is 12.3. The topological polar surface area (TPSA) is 68.0 Å². The van der Waals surface area contributed by atoms with Gasteiger partial charge in [0, 0.05) is 6.42 Å². The molecular weight excluding hydrogens is 230 g/mol. The van der Waals surface area contributed by atoms with Gasteiger partial charge in [0.1, 0.15) is 0 Å². The fraction of sp³-hybridized carbons (Fsp3) is 0.308. The number of carboxylic acids is 1. The molecule has 0 amide bonds. The van der Waals surface area contributed by atoms with Crippen molar-refractivity contribution in [2.75, 3.05) is 0 Å². The van der Waals surface area contributed by atoms with Crippen LogP contribution >= 0.6 is 0 Å². The Bertz CT molecular complexity index is 563. The molecule has 18 heavy (non-hydrogen) atoms. The van der Waals surface area contributed by atoms with Gasteiger partial charge in [-0.05, 0) is 18.6 Å². The number of aryl methyl sites for hydroxylation is 1. The molecule has 0 saturated heterocycles. The second-order valence-electron chi connectivity index (χ2n) is 4.38. The molecule has 0 radical (unpaired) electrons. The lowest BCUT2D eigenvalue weighted by atomic mass is 10.1. The Morgan fingerprint density at radius 2 is 2.17 bits per heavy atom. The van der Waals surface area contributed by atoms with Gasteiger partial charge in [0.25, 0.3) is 0 Å². The van der Waals surface area contributed by atoms with Crippen LogP contribution in [0.3, 0.4) is 0 Å². The standard InChI is InChI=1S/C13H15N3O2/c1-9-5-3-4-6-12(9)16-8-11(14-15-16)7-10(2)13(17)18/h3-6,8,10H,7H2,1-2H3,(H,17,18). The Hall–Kier alpha value is -2.17. The Balaban J connectivity index is 2.21. The third-order valence-electron chi connectivity index (χ3n) is 2.84. The van der Waals surface area contributed by atoms with Gasteiger partial charge in [-0.1, -0.05) is 30.3 Å². The molecule has 1 aromatic carbocycles. The zero-order valence-corrected chi connectivity index (χ0v) is 10.4. The summed E-state index contributed by atoms with van der Waals surface area (Å²) in [6.07, 6.45) is 2.17. The van der Waals surface area contributed by atoms with E-state index in [2.05, 4.69) is 10.3 Å². The highest BCUT2D eigenvalue weighted by Crippen LogP contribution is 2.13. The van der Waals surface area contributed by atoms with E-state index in [4.69, 9.17) is 5.11 Å². The summed E-state index contributed by atoms with van der Waals surface area (Å²) < 4.78 is 1.68. The number of hydrogen-bond donors (Lipinski definition) is 1. The van der Waals surface area contributed by atoms with Crippen molar-refractivity contribution in [3.63, 3.8) is 0 Å². The van der Waals surface area contributed by atoms with Crippen LogP contribution in [0.2, 0.25) is 0 Å². The molecule has 1 heterocycles. The number of benzene rings is 1. The number of carboxylic acid groups (broad SMARTS) is 1. The van der Waals surface area contributed by atoms with E-state index in [1.807, 2.05) is 31.2 Å². The van der Waals surface area contributed by atoms with E-state index >= 15 is 0 Å². The van der Waals surface area contributed by atoms with Crippen LogP contribution in [0.15, 0.2) is 30.5 Å². The van der Waals surface area contributed by atoms with E-state index in [1.165, 1.54) is 0 Å². The van der Waals surface area contributed by atoms with Gasteiger partial charge in [-0.25, -0.2) is 4.68 Å². The lowest BCUT2D eigenvalue weighted by molar-refractivity contribution is -0.141. The molecule has 2 aromatic rings. The van der Waals surface area contributed by atoms with E-state index in [9.17, 15) is 4.79 Å². The minimum atomic E-state index is -0.819. The van der Waals surface area contributed by atoms with Gasteiger partial charge in [-0.2, -0.15) is 0 Å². The van der Waals surface area contributed by atoms with Crippen molar-refractivity contribution in [3.8, 4) is 5.69 Å². The number of nitrogens with zero attached hydrogens (tertiary/aromatic N) is 3. The molecule has 5 nitrogen and oxygen atoms in total. The summed E-state index contributed by atoms with van der Waals surface area (Å²) in [5, 5.41) is 16.9. The van der Waals surface area contributed by atoms with Gasteiger partial charge < -0.3 is 5.11 Å². The molecule has 0 saturated carbocycles. The van der Waals surface area contributed by atoms with Gasteiger partial charge in [-0.3, -0.25) is 4.79 Å². The van der Waals surface area contributed by atoms with Gasteiger partial charge in [-0.15, -0.1) is 5.10 Å². The predicted octanol–water partition coefficient (Wildman–Crippen LogP) is 1.84. The second kappa shape index (κ2) is 5.00. The first-order chi connectivity index (χ1) is 8.58. The SMILES string of the molecule is Cc1ccccc1-n1cc(CC(C)C(=O)O)nn1. The Kier molecular flexibility index (Phi) is 3.41. The van der Waals surface area contributed by atoms with Crippen LogP contribution < -0.4 is 0 Å². The summed E-state index contributed by atoms with van der Waals surface area (Å²) in [7, 11) is 0. The van der Waals surface area contributed by atoms with Crippen LogP contribution in [0.1, 0.15) is 18.2 Å². The molecule has 0 aliphatic heterocycles.